The van der Waals surface area contributed by atoms with Gasteiger partial charge in [0.1, 0.15) is 23.2 Å². The van der Waals surface area contributed by atoms with E-state index < -0.39 is 5.97 Å². The van der Waals surface area contributed by atoms with Crippen LogP contribution in [0.1, 0.15) is 61.4 Å². The number of esters is 1. The molecule has 0 radical (unpaired) electrons. The van der Waals surface area contributed by atoms with Crippen LogP contribution in [0.25, 0.3) is 0 Å². The highest BCUT2D eigenvalue weighted by atomic mass is 16.5. The number of hydrogen-bond donors (Lipinski definition) is 2. The number of carbonyl (C=O) groups excluding carboxylic acids is 1. The van der Waals surface area contributed by atoms with Gasteiger partial charge >= 0.3 is 5.97 Å². The molecule has 0 atom stereocenters. The summed E-state index contributed by atoms with van der Waals surface area (Å²) in [6.07, 6.45) is 6.56. The zero-order chi connectivity index (χ0) is 14.5. The topological polar surface area (TPSA) is 66.8 Å². The van der Waals surface area contributed by atoms with E-state index in [1.807, 2.05) is 6.92 Å². The van der Waals surface area contributed by atoms with Gasteiger partial charge in [0.15, 0.2) is 0 Å². The van der Waals surface area contributed by atoms with Crippen molar-refractivity contribution < 1.29 is 19.7 Å². The fourth-order valence-corrected chi connectivity index (χ4v) is 2.76. The van der Waals surface area contributed by atoms with Crippen molar-refractivity contribution in [1.82, 2.24) is 0 Å². The van der Waals surface area contributed by atoms with Crippen molar-refractivity contribution in [2.24, 2.45) is 0 Å². The fourth-order valence-electron chi connectivity index (χ4n) is 2.76. The second-order valence-corrected chi connectivity index (χ2v) is 5.41. The number of phenolic OH excluding ortho intramolecular Hbond substituents is 2. The highest BCUT2D eigenvalue weighted by Gasteiger charge is 2.23. The normalized spacial score (nSPS) is 16.1. The van der Waals surface area contributed by atoms with Crippen molar-refractivity contribution in [3.63, 3.8) is 0 Å². The Balaban J connectivity index is 2.19. The average Bonchev–Trinajstić information content (AvgIpc) is 2.39. The summed E-state index contributed by atoms with van der Waals surface area (Å²) in [5.41, 5.74) is 0.848. The maximum atomic E-state index is 12.3. The van der Waals surface area contributed by atoms with E-state index in [4.69, 9.17) is 4.74 Å². The molecule has 4 heteroatoms. The number of rotatable bonds is 4. The van der Waals surface area contributed by atoms with E-state index in [1.54, 1.807) is 0 Å². The number of ether oxygens (including phenoxy) is 1. The summed E-state index contributed by atoms with van der Waals surface area (Å²) in [5.74, 6) is -0.702. The minimum atomic E-state index is -0.474. The van der Waals surface area contributed by atoms with E-state index in [2.05, 4.69) is 0 Å². The molecule has 2 N–H and O–H groups in total. The fraction of sp³-hybridized carbons (Fsp3) is 0.562. The van der Waals surface area contributed by atoms with Crippen LogP contribution in [0.3, 0.4) is 0 Å². The Labute approximate surface area is 119 Å². The molecule has 1 fully saturated rings. The summed E-state index contributed by atoms with van der Waals surface area (Å²) < 4.78 is 5.50. The first kappa shape index (κ1) is 14.7. The lowest BCUT2D eigenvalue weighted by Gasteiger charge is -2.22. The monoisotopic (exact) mass is 278 g/mol. The molecule has 4 nitrogen and oxygen atoms in total. The number of benzene rings is 1. The van der Waals surface area contributed by atoms with E-state index in [-0.39, 0.29) is 23.2 Å². The zero-order valence-electron chi connectivity index (χ0n) is 11.9. The molecular formula is C16H22O4. The molecule has 0 saturated heterocycles. The van der Waals surface area contributed by atoms with Crippen LogP contribution in [0.2, 0.25) is 0 Å². The molecule has 1 saturated carbocycles. The Bertz CT molecular complexity index is 476. The first-order valence-electron chi connectivity index (χ1n) is 7.37. The lowest BCUT2D eigenvalue weighted by Crippen LogP contribution is -2.21. The summed E-state index contributed by atoms with van der Waals surface area (Å²) >= 11 is 0. The van der Waals surface area contributed by atoms with Crippen LogP contribution in [-0.4, -0.2) is 22.3 Å². The van der Waals surface area contributed by atoms with Gasteiger partial charge in [-0.1, -0.05) is 19.8 Å². The van der Waals surface area contributed by atoms with Gasteiger partial charge in [0.25, 0.3) is 0 Å². The molecule has 20 heavy (non-hydrogen) atoms. The minimum Gasteiger partial charge on any atom is -0.508 e. The quantitative estimate of drug-likeness (QED) is 0.827. The van der Waals surface area contributed by atoms with E-state index in [9.17, 15) is 15.0 Å². The highest BCUT2D eigenvalue weighted by molar-refractivity contribution is 5.94. The van der Waals surface area contributed by atoms with E-state index >= 15 is 0 Å². The van der Waals surface area contributed by atoms with Crippen LogP contribution in [0.4, 0.5) is 0 Å². The van der Waals surface area contributed by atoms with Gasteiger partial charge in [0.2, 0.25) is 0 Å². The highest BCUT2D eigenvalue weighted by Crippen LogP contribution is 2.30. The standard InChI is InChI=1S/C16H22O4/c1-2-6-11-9-12(17)10-14(18)15(11)16(19)20-13-7-4-3-5-8-13/h9-10,13,17-18H,2-8H2,1H3. The number of carbonyl (C=O) groups is 1. The molecule has 1 aromatic rings. The third-order valence-corrected chi connectivity index (χ3v) is 3.73. The smallest absolute Gasteiger partial charge is 0.342 e. The van der Waals surface area contributed by atoms with Crippen molar-refractivity contribution in [3.8, 4) is 11.5 Å². The van der Waals surface area contributed by atoms with Gasteiger partial charge in [0, 0.05) is 6.07 Å². The third-order valence-electron chi connectivity index (χ3n) is 3.73. The summed E-state index contributed by atoms with van der Waals surface area (Å²) in [6.45, 7) is 1.98. The second-order valence-electron chi connectivity index (χ2n) is 5.41. The van der Waals surface area contributed by atoms with Gasteiger partial charge in [-0.3, -0.25) is 0 Å². The van der Waals surface area contributed by atoms with Crippen molar-refractivity contribution in [3.05, 3.63) is 23.3 Å². The van der Waals surface area contributed by atoms with Crippen molar-refractivity contribution >= 4 is 5.97 Å². The lowest BCUT2D eigenvalue weighted by atomic mass is 9.97. The Morgan fingerprint density at radius 3 is 2.60 bits per heavy atom. The molecule has 0 aromatic heterocycles. The molecule has 1 aromatic carbocycles. The summed E-state index contributed by atoms with van der Waals surface area (Å²) in [5, 5.41) is 19.5. The van der Waals surface area contributed by atoms with Crippen LogP contribution in [0.5, 0.6) is 11.5 Å². The van der Waals surface area contributed by atoms with E-state index in [0.717, 1.165) is 32.1 Å². The maximum Gasteiger partial charge on any atom is 0.342 e. The summed E-state index contributed by atoms with van der Waals surface area (Å²) in [7, 11) is 0. The lowest BCUT2D eigenvalue weighted by molar-refractivity contribution is 0.0207. The first-order chi connectivity index (χ1) is 9.61. The third kappa shape index (κ3) is 3.44. The van der Waals surface area contributed by atoms with Gasteiger partial charge < -0.3 is 14.9 Å². The number of phenols is 2. The molecule has 110 valence electrons. The Morgan fingerprint density at radius 2 is 1.95 bits per heavy atom. The van der Waals surface area contributed by atoms with E-state index in [1.165, 1.54) is 18.6 Å². The van der Waals surface area contributed by atoms with Gasteiger partial charge in [-0.2, -0.15) is 0 Å². The Morgan fingerprint density at radius 1 is 1.25 bits per heavy atom. The van der Waals surface area contributed by atoms with Crippen molar-refractivity contribution in [1.29, 1.82) is 0 Å². The van der Waals surface area contributed by atoms with Gasteiger partial charge in [-0.15, -0.1) is 0 Å². The molecular weight excluding hydrogens is 256 g/mol. The number of aryl methyl sites for hydroxylation is 1. The summed E-state index contributed by atoms with van der Waals surface area (Å²) in [4.78, 5) is 12.3. The minimum absolute atomic E-state index is 0.0276. The van der Waals surface area contributed by atoms with Gasteiger partial charge in [-0.05, 0) is 43.7 Å². The number of aromatic hydroxyl groups is 2. The second kappa shape index (κ2) is 6.64. The van der Waals surface area contributed by atoms with Crippen molar-refractivity contribution in [2.75, 3.05) is 0 Å². The Kier molecular flexibility index (Phi) is 4.88. The summed E-state index contributed by atoms with van der Waals surface area (Å²) in [6, 6.07) is 2.72. The SMILES string of the molecule is CCCc1cc(O)cc(O)c1C(=O)OC1CCCCC1. The molecule has 1 aliphatic carbocycles. The molecule has 2 rings (SSSR count). The van der Waals surface area contributed by atoms with E-state index in [0.29, 0.717) is 12.0 Å². The van der Waals surface area contributed by atoms with Crippen LogP contribution in [0.15, 0.2) is 12.1 Å². The molecule has 0 amide bonds. The average molecular weight is 278 g/mol. The molecule has 0 spiro atoms. The molecule has 0 heterocycles. The zero-order valence-corrected chi connectivity index (χ0v) is 11.9. The van der Waals surface area contributed by atoms with Crippen LogP contribution >= 0.6 is 0 Å². The van der Waals surface area contributed by atoms with Gasteiger partial charge in [-0.25, -0.2) is 4.79 Å². The molecule has 1 aliphatic rings. The molecule has 0 unspecified atom stereocenters. The van der Waals surface area contributed by atoms with Crippen LogP contribution in [-0.2, 0) is 11.2 Å². The van der Waals surface area contributed by atoms with Crippen molar-refractivity contribution in [2.45, 2.75) is 58.0 Å². The maximum absolute atomic E-state index is 12.3. The van der Waals surface area contributed by atoms with Gasteiger partial charge in [0.05, 0.1) is 0 Å². The Hall–Kier alpha value is -1.71. The van der Waals surface area contributed by atoms with Crippen LogP contribution in [0, 0.1) is 0 Å². The predicted octanol–water partition coefficient (Wildman–Crippen LogP) is 3.54. The molecule has 0 aliphatic heterocycles. The predicted molar refractivity (Wildman–Crippen MR) is 76.1 cm³/mol. The first-order valence-corrected chi connectivity index (χ1v) is 7.37. The van der Waals surface area contributed by atoms with Crippen LogP contribution < -0.4 is 0 Å². The molecule has 0 bridgehead atoms. The largest absolute Gasteiger partial charge is 0.508 e. The number of hydrogen-bond acceptors (Lipinski definition) is 4.